The summed E-state index contributed by atoms with van der Waals surface area (Å²) in [6.45, 7) is 2.16. The topological polar surface area (TPSA) is 63.5 Å². The maximum Gasteiger partial charge on any atom is 0.191 e. The Hall–Kier alpha value is -2.55. The van der Waals surface area contributed by atoms with Gasteiger partial charge in [-0.3, -0.25) is 4.99 Å². The van der Waals surface area contributed by atoms with Gasteiger partial charge < -0.3 is 19.9 Å². The van der Waals surface area contributed by atoms with E-state index in [9.17, 15) is 0 Å². The third kappa shape index (κ3) is 6.26. The number of hydrogen-bond acceptors (Lipinski definition) is 3. The molecule has 0 aliphatic heterocycles. The number of rotatable bonds is 7. The molecule has 0 radical (unpaired) electrons. The number of nitrogens with zero attached hydrogens (tertiary/aromatic N) is 3. The summed E-state index contributed by atoms with van der Waals surface area (Å²) in [6, 6.07) is 16.5. The Balaban J connectivity index is 0.00000280. The van der Waals surface area contributed by atoms with Crippen molar-refractivity contribution in [1.82, 2.24) is 20.2 Å². The van der Waals surface area contributed by atoms with Crippen molar-refractivity contribution in [2.24, 2.45) is 4.99 Å². The molecule has 7 heteroatoms. The molecule has 0 amide bonds. The molecule has 0 saturated heterocycles. The molecular weight excluding hydrogens is 465 g/mol. The lowest BCUT2D eigenvalue weighted by Crippen LogP contribution is -2.36. The zero-order valence-electron chi connectivity index (χ0n) is 16.1. The second-order valence-electron chi connectivity index (χ2n) is 6.15. The average Bonchev–Trinajstić information content (AvgIpc) is 3.21. The van der Waals surface area contributed by atoms with E-state index in [1.807, 2.05) is 36.8 Å². The molecule has 1 aromatic heterocycles. The summed E-state index contributed by atoms with van der Waals surface area (Å²) in [7, 11) is 3.45. The number of aromatic nitrogens is 2. The van der Waals surface area contributed by atoms with Crippen LogP contribution in [0.4, 0.5) is 0 Å². The normalized spacial score (nSPS) is 10.9. The number of methoxy groups -OCH3 is 1. The zero-order valence-corrected chi connectivity index (χ0v) is 18.5. The van der Waals surface area contributed by atoms with Crippen LogP contribution in [0, 0.1) is 0 Å². The van der Waals surface area contributed by atoms with Crippen molar-refractivity contribution in [2.45, 2.75) is 19.6 Å². The van der Waals surface area contributed by atoms with Crippen molar-refractivity contribution in [3.63, 3.8) is 0 Å². The van der Waals surface area contributed by atoms with E-state index in [0.29, 0.717) is 13.1 Å². The summed E-state index contributed by atoms with van der Waals surface area (Å²) in [4.78, 5) is 8.38. The van der Waals surface area contributed by atoms with E-state index in [1.165, 1.54) is 11.1 Å². The number of benzene rings is 2. The smallest absolute Gasteiger partial charge is 0.191 e. The van der Waals surface area contributed by atoms with Crippen molar-refractivity contribution in [3.05, 3.63) is 83.9 Å². The van der Waals surface area contributed by atoms with Crippen LogP contribution in [0.2, 0.25) is 0 Å². The maximum atomic E-state index is 5.39. The molecule has 0 unspecified atom stereocenters. The lowest BCUT2D eigenvalue weighted by atomic mass is 10.1. The first-order chi connectivity index (χ1) is 13.3. The van der Waals surface area contributed by atoms with Crippen molar-refractivity contribution in [3.8, 4) is 5.75 Å². The largest absolute Gasteiger partial charge is 0.496 e. The first-order valence-corrected chi connectivity index (χ1v) is 8.88. The number of halogens is 1. The number of aliphatic imine (C=N–C) groups is 1. The molecule has 28 heavy (non-hydrogen) atoms. The molecule has 1 heterocycles. The number of ether oxygens (including phenoxy) is 1. The minimum atomic E-state index is 0. The molecule has 0 aliphatic carbocycles. The number of nitrogens with one attached hydrogen (secondary N) is 2. The van der Waals surface area contributed by atoms with Gasteiger partial charge >= 0.3 is 0 Å². The van der Waals surface area contributed by atoms with Gasteiger partial charge in [-0.2, -0.15) is 0 Å². The minimum absolute atomic E-state index is 0. The number of imidazole rings is 1. The molecule has 0 aliphatic rings. The Morgan fingerprint density at radius 3 is 2.61 bits per heavy atom. The van der Waals surface area contributed by atoms with Crippen LogP contribution >= 0.6 is 24.0 Å². The lowest BCUT2D eigenvalue weighted by molar-refractivity contribution is 0.409. The highest BCUT2D eigenvalue weighted by Gasteiger charge is 2.04. The number of hydrogen-bond donors (Lipinski definition) is 2. The Morgan fingerprint density at radius 2 is 1.86 bits per heavy atom. The van der Waals surface area contributed by atoms with Crippen LogP contribution in [0.3, 0.4) is 0 Å². The van der Waals surface area contributed by atoms with E-state index in [-0.39, 0.29) is 24.0 Å². The van der Waals surface area contributed by atoms with E-state index in [1.54, 1.807) is 20.4 Å². The number of para-hydroxylation sites is 1. The Kier molecular flexibility index (Phi) is 8.80. The SMILES string of the molecule is CN=C(NCc1cccc(Cn2ccnc2)c1)NCc1ccccc1OC.I. The molecule has 3 aromatic rings. The van der Waals surface area contributed by atoms with E-state index in [0.717, 1.165) is 23.8 Å². The van der Waals surface area contributed by atoms with E-state index >= 15 is 0 Å². The predicted octanol–water partition coefficient (Wildman–Crippen LogP) is 3.42. The van der Waals surface area contributed by atoms with E-state index in [4.69, 9.17) is 4.74 Å². The van der Waals surface area contributed by atoms with Gasteiger partial charge in [-0.1, -0.05) is 42.5 Å². The summed E-state index contributed by atoms with van der Waals surface area (Å²) in [5, 5.41) is 6.69. The van der Waals surface area contributed by atoms with Crippen LogP contribution in [-0.4, -0.2) is 29.7 Å². The quantitative estimate of drug-likeness (QED) is 0.302. The first kappa shape index (κ1) is 21.7. The van der Waals surface area contributed by atoms with Crippen LogP contribution < -0.4 is 15.4 Å². The lowest BCUT2D eigenvalue weighted by Gasteiger charge is -2.14. The van der Waals surface area contributed by atoms with Gasteiger partial charge in [0.2, 0.25) is 0 Å². The van der Waals surface area contributed by atoms with Crippen molar-refractivity contribution >= 4 is 29.9 Å². The highest BCUT2D eigenvalue weighted by atomic mass is 127. The molecular formula is C21H26IN5O. The van der Waals surface area contributed by atoms with Gasteiger partial charge in [0.1, 0.15) is 5.75 Å². The van der Waals surface area contributed by atoms with Crippen LogP contribution in [0.15, 0.2) is 72.2 Å². The number of guanidine groups is 1. The third-order valence-electron chi connectivity index (χ3n) is 4.24. The Bertz CT molecular complexity index is 880. The molecule has 2 aromatic carbocycles. The highest BCUT2D eigenvalue weighted by Crippen LogP contribution is 2.16. The summed E-state index contributed by atoms with van der Waals surface area (Å²) in [6.07, 6.45) is 5.59. The molecule has 0 spiro atoms. The molecule has 0 fully saturated rings. The standard InChI is InChI=1S/C21H25N5O.HI/c1-22-21(25-14-19-8-3-4-9-20(19)27-2)24-13-17-6-5-7-18(12-17)15-26-11-10-23-16-26;/h3-12,16H,13-15H2,1-2H3,(H2,22,24,25);1H. The fourth-order valence-electron chi connectivity index (χ4n) is 2.86. The highest BCUT2D eigenvalue weighted by molar-refractivity contribution is 14.0. The first-order valence-electron chi connectivity index (χ1n) is 8.88. The molecule has 3 rings (SSSR count). The van der Waals surface area contributed by atoms with Gasteiger partial charge in [-0.15, -0.1) is 24.0 Å². The molecule has 2 N–H and O–H groups in total. The van der Waals surface area contributed by atoms with Crippen molar-refractivity contribution in [2.75, 3.05) is 14.2 Å². The average molecular weight is 491 g/mol. The third-order valence-corrected chi connectivity index (χ3v) is 4.24. The fourth-order valence-corrected chi connectivity index (χ4v) is 2.86. The zero-order chi connectivity index (χ0) is 18.9. The molecule has 0 saturated carbocycles. The van der Waals surface area contributed by atoms with Crippen LogP contribution in [0.1, 0.15) is 16.7 Å². The molecule has 0 atom stereocenters. The van der Waals surface area contributed by atoms with Crippen LogP contribution in [0.25, 0.3) is 0 Å². The summed E-state index contributed by atoms with van der Waals surface area (Å²) >= 11 is 0. The molecule has 148 valence electrons. The summed E-state index contributed by atoms with van der Waals surface area (Å²) in [5.41, 5.74) is 3.53. The second-order valence-corrected chi connectivity index (χ2v) is 6.15. The minimum Gasteiger partial charge on any atom is -0.496 e. The van der Waals surface area contributed by atoms with Crippen molar-refractivity contribution in [1.29, 1.82) is 0 Å². The summed E-state index contributed by atoms with van der Waals surface area (Å²) < 4.78 is 7.45. The van der Waals surface area contributed by atoms with E-state index < -0.39 is 0 Å². The van der Waals surface area contributed by atoms with Gasteiger partial charge in [-0.05, 0) is 17.2 Å². The van der Waals surface area contributed by atoms with Gasteiger partial charge in [0.05, 0.1) is 13.4 Å². The van der Waals surface area contributed by atoms with Crippen molar-refractivity contribution < 1.29 is 4.74 Å². The Labute approximate surface area is 183 Å². The maximum absolute atomic E-state index is 5.39. The fraction of sp³-hybridized carbons (Fsp3) is 0.238. The van der Waals surface area contributed by atoms with Gasteiger partial charge in [-0.25, -0.2) is 4.98 Å². The van der Waals surface area contributed by atoms with Gasteiger partial charge in [0.25, 0.3) is 0 Å². The molecule has 0 bridgehead atoms. The van der Waals surface area contributed by atoms with E-state index in [2.05, 4.69) is 49.4 Å². The van der Waals surface area contributed by atoms with Gasteiger partial charge in [0.15, 0.2) is 5.96 Å². The van der Waals surface area contributed by atoms with Crippen LogP contribution in [-0.2, 0) is 19.6 Å². The monoisotopic (exact) mass is 491 g/mol. The second kappa shape index (κ2) is 11.3. The predicted molar refractivity (Wildman–Crippen MR) is 123 cm³/mol. The van der Waals surface area contributed by atoms with Gasteiger partial charge in [0, 0.05) is 44.6 Å². The van der Waals surface area contributed by atoms with Crippen LogP contribution in [0.5, 0.6) is 5.75 Å². The molecule has 6 nitrogen and oxygen atoms in total. The summed E-state index contributed by atoms with van der Waals surface area (Å²) in [5.74, 6) is 1.62. The Morgan fingerprint density at radius 1 is 1.07 bits per heavy atom.